The lowest BCUT2D eigenvalue weighted by atomic mass is 10.1. The first-order valence-corrected chi connectivity index (χ1v) is 9.62. The quantitative estimate of drug-likeness (QED) is 0.293. The Labute approximate surface area is 181 Å². The summed E-state index contributed by atoms with van der Waals surface area (Å²) in [5.41, 5.74) is 0.856. The minimum atomic E-state index is -0.455. The van der Waals surface area contributed by atoms with E-state index in [1.807, 2.05) is 13.8 Å². The average Bonchev–Trinajstić information content (AvgIpc) is 2.62. The Morgan fingerprint density at radius 1 is 1.00 bits per heavy atom. The van der Waals surface area contributed by atoms with Crippen LogP contribution in [0.5, 0.6) is 0 Å². The molecule has 0 atom stereocenters. The molecule has 0 aromatic heterocycles. The molecular formula is C22H40N2O6. The van der Waals surface area contributed by atoms with Crippen molar-refractivity contribution in [2.45, 2.75) is 60.0 Å². The topological polar surface area (TPSA) is 114 Å². The van der Waals surface area contributed by atoms with Gasteiger partial charge in [-0.05, 0) is 54.5 Å². The maximum absolute atomic E-state index is 10.9. The van der Waals surface area contributed by atoms with Crippen molar-refractivity contribution >= 4 is 17.8 Å². The minimum Gasteiger partial charge on any atom is -0.461 e. The van der Waals surface area contributed by atoms with E-state index in [0.29, 0.717) is 24.3 Å². The first-order chi connectivity index (χ1) is 13.7. The molecule has 0 radical (unpaired) electrons. The molecule has 0 heterocycles. The van der Waals surface area contributed by atoms with Crippen LogP contribution in [0.25, 0.3) is 0 Å². The highest BCUT2D eigenvalue weighted by Gasteiger charge is 2.08. The lowest BCUT2D eigenvalue weighted by Gasteiger charge is -2.20. The third-order valence-electron chi connectivity index (χ3n) is 2.63. The van der Waals surface area contributed by atoms with Gasteiger partial charge in [-0.3, -0.25) is 4.79 Å². The predicted molar refractivity (Wildman–Crippen MR) is 120 cm³/mol. The van der Waals surface area contributed by atoms with Crippen molar-refractivity contribution in [3.63, 3.8) is 0 Å². The summed E-state index contributed by atoms with van der Waals surface area (Å²) in [5, 5.41) is 14.0. The smallest absolute Gasteiger partial charge is 0.333 e. The summed E-state index contributed by atoms with van der Waals surface area (Å²) in [6.45, 7) is 24.3. The van der Waals surface area contributed by atoms with Gasteiger partial charge in [0.15, 0.2) is 0 Å². The van der Waals surface area contributed by atoms with Gasteiger partial charge in [-0.1, -0.05) is 19.7 Å². The lowest BCUT2D eigenvalue weighted by molar-refractivity contribution is -0.140. The van der Waals surface area contributed by atoms with E-state index in [1.165, 1.54) is 6.08 Å². The highest BCUT2D eigenvalue weighted by atomic mass is 16.5. The summed E-state index contributed by atoms with van der Waals surface area (Å²) in [7, 11) is 0. The fourth-order valence-corrected chi connectivity index (χ4v) is 1.30. The van der Waals surface area contributed by atoms with Gasteiger partial charge in [-0.2, -0.15) is 0 Å². The molecule has 8 nitrogen and oxygen atoms in total. The monoisotopic (exact) mass is 428 g/mol. The number of hydrogen-bond acceptors (Lipinski definition) is 7. The fourth-order valence-electron chi connectivity index (χ4n) is 1.30. The Hall–Kier alpha value is -2.45. The van der Waals surface area contributed by atoms with E-state index in [0.717, 1.165) is 0 Å². The second-order valence-corrected chi connectivity index (χ2v) is 7.60. The summed E-state index contributed by atoms with van der Waals surface area (Å²) in [6.07, 6.45) is 1.26. The zero-order valence-electron chi connectivity index (χ0n) is 19.6. The largest absolute Gasteiger partial charge is 0.461 e. The molecule has 0 rings (SSSR count). The zero-order valence-corrected chi connectivity index (χ0v) is 19.6. The van der Waals surface area contributed by atoms with Gasteiger partial charge >= 0.3 is 11.9 Å². The van der Waals surface area contributed by atoms with E-state index in [4.69, 9.17) is 9.84 Å². The molecule has 0 fully saturated rings. The van der Waals surface area contributed by atoms with Gasteiger partial charge in [-0.25, -0.2) is 9.59 Å². The SMILES string of the molecule is C=C(C)C(=O)OCCNC(C)(C)C.C=C(C)C(=O)OCCO.C=CC(=O)NC(C)C. The van der Waals surface area contributed by atoms with Crippen molar-refractivity contribution in [3.05, 3.63) is 37.0 Å². The van der Waals surface area contributed by atoms with E-state index in [1.54, 1.807) is 13.8 Å². The second-order valence-electron chi connectivity index (χ2n) is 7.60. The van der Waals surface area contributed by atoms with E-state index in [-0.39, 0.29) is 36.7 Å². The molecule has 1 amide bonds. The molecule has 0 saturated heterocycles. The van der Waals surface area contributed by atoms with Gasteiger partial charge in [0.05, 0.1) is 6.61 Å². The van der Waals surface area contributed by atoms with Crippen molar-refractivity contribution < 1.29 is 29.0 Å². The number of nitrogens with one attached hydrogen (secondary N) is 2. The van der Waals surface area contributed by atoms with Crippen LogP contribution in [0, 0.1) is 0 Å². The van der Waals surface area contributed by atoms with Crippen molar-refractivity contribution in [2.24, 2.45) is 0 Å². The highest BCUT2D eigenvalue weighted by Crippen LogP contribution is 1.97. The van der Waals surface area contributed by atoms with Crippen molar-refractivity contribution in [1.82, 2.24) is 10.6 Å². The number of aliphatic hydroxyl groups is 1. The number of hydrogen-bond donors (Lipinski definition) is 3. The van der Waals surface area contributed by atoms with Gasteiger partial charge < -0.3 is 25.2 Å². The predicted octanol–water partition coefficient (Wildman–Crippen LogP) is 2.29. The van der Waals surface area contributed by atoms with Gasteiger partial charge in [-0.15, -0.1) is 0 Å². The summed E-state index contributed by atoms with van der Waals surface area (Å²) in [5.74, 6) is -0.889. The number of carbonyl (C=O) groups excluding carboxylic acids is 3. The Morgan fingerprint density at radius 2 is 1.43 bits per heavy atom. The molecule has 0 spiro atoms. The van der Waals surface area contributed by atoms with Crippen LogP contribution < -0.4 is 10.6 Å². The van der Waals surface area contributed by atoms with Crippen LogP contribution in [0.15, 0.2) is 37.0 Å². The summed E-state index contributed by atoms with van der Waals surface area (Å²) in [6, 6.07) is 0.209. The minimum absolute atomic E-state index is 0.0473. The van der Waals surface area contributed by atoms with Crippen molar-refractivity contribution in [1.29, 1.82) is 0 Å². The second kappa shape index (κ2) is 18.6. The lowest BCUT2D eigenvalue weighted by Crippen LogP contribution is -2.38. The van der Waals surface area contributed by atoms with E-state index < -0.39 is 5.97 Å². The van der Waals surface area contributed by atoms with Crippen molar-refractivity contribution in [3.8, 4) is 0 Å². The maximum atomic E-state index is 10.9. The Bertz CT molecular complexity index is 562. The van der Waals surface area contributed by atoms with Crippen LogP contribution >= 0.6 is 0 Å². The van der Waals surface area contributed by atoms with Crippen molar-refractivity contribution in [2.75, 3.05) is 26.4 Å². The number of ether oxygens (including phenoxy) is 2. The van der Waals surface area contributed by atoms with Crippen LogP contribution in [0.1, 0.15) is 48.5 Å². The molecule has 0 aliphatic carbocycles. The Morgan fingerprint density at radius 3 is 1.70 bits per heavy atom. The Balaban J connectivity index is -0.000000379. The molecule has 0 aliphatic rings. The maximum Gasteiger partial charge on any atom is 0.333 e. The molecule has 0 saturated carbocycles. The van der Waals surface area contributed by atoms with Gasteiger partial charge in [0.2, 0.25) is 5.91 Å². The van der Waals surface area contributed by atoms with Crippen LogP contribution in [0.3, 0.4) is 0 Å². The summed E-state index contributed by atoms with van der Waals surface area (Å²) >= 11 is 0. The third-order valence-corrected chi connectivity index (χ3v) is 2.63. The molecule has 0 unspecified atom stereocenters. The van der Waals surface area contributed by atoms with Crippen LogP contribution in [0.4, 0.5) is 0 Å². The first-order valence-electron chi connectivity index (χ1n) is 9.62. The third kappa shape index (κ3) is 27.8. The van der Waals surface area contributed by atoms with Crippen LogP contribution in [-0.4, -0.2) is 60.9 Å². The first kappa shape index (κ1) is 32.2. The number of rotatable bonds is 9. The number of amides is 1. The Kier molecular flexibility index (Phi) is 19.9. The van der Waals surface area contributed by atoms with Gasteiger partial charge in [0, 0.05) is 29.3 Å². The molecule has 0 aliphatic heterocycles. The van der Waals surface area contributed by atoms with Gasteiger partial charge in [0.1, 0.15) is 13.2 Å². The number of aliphatic hydroxyl groups excluding tert-OH is 1. The molecule has 30 heavy (non-hydrogen) atoms. The zero-order chi connectivity index (χ0) is 24.3. The van der Waals surface area contributed by atoms with Gasteiger partial charge in [0.25, 0.3) is 0 Å². The summed E-state index contributed by atoms with van der Waals surface area (Å²) in [4.78, 5) is 31.8. The average molecular weight is 429 g/mol. The number of carbonyl (C=O) groups is 3. The highest BCUT2D eigenvalue weighted by molar-refractivity contribution is 5.87. The molecule has 174 valence electrons. The molecule has 0 aromatic rings. The standard InChI is InChI=1S/C10H19NO2.C6H11NO.C6H10O3/c1-8(2)9(12)13-7-6-11-10(3,4)5;1-4-6(8)7-5(2)3;1-5(2)6(8)9-4-3-7/h11H,1,6-7H2,2-5H3;4-5H,1H2,2-3H3,(H,7,8);7H,1,3-4H2,2H3. The van der Waals surface area contributed by atoms with E-state index in [9.17, 15) is 14.4 Å². The van der Waals surface area contributed by atoms with E-state index >= 15 is 0 Å². The molecule has 8 heteroatoms. The molecule has 0 aromatic carbocycles. The van der Waals surface area contributed by atoms with Crippen LogP contribution in [-0.2, 0) is 23.9 Å². The fraction of sp³-hybridized carbons (Fsp3) is 0.591. The summed E-state index contributed by atoms with van der Waals surface area (Å²) < 4.78 is 9.36. The molecular weight excluding hydrogens is 388 g/mol. The van der Waals surface area contributed by atoms with E-state index in [2.05, 4.69) is 55.9 Å². The normalized spacial score (nSPS) is 9.77. The molecule has 3 N–H and O–H groups in total. The number of esters is 2. The molecule has 0 bridgehead atoms. The van der Waals surface area contributed by atoms with Crippen LogP contribution in [0.2, 0.25) is 0 Å².